The molecule has 0 saturated carbocycles. The van der Waals surface area contributed by atoms with Gasteiger partial charge in [0, 0.05) is 19.7 Å². The van der Waals surface area contributed by atoms with Gasteiger partial charge in [0.1, 0.15) is 18.9 Å². The molecule has 1 atom stereocenters. The topological polar surface area (TPSA) is 73.7 Å². The van der Waals surface area contributed by atoms with Gasteiger partial charge in [-0.3, -0.25) is 9.59 Å². The first-order valence-electron chi connectivity index (χ1n) is 8.38. The summed E-state index contributed by atoms with van der Waals surface area (Å²) in [6.45, 7) is 1.76. The van der Waals surface area contributed by atoms with E-state index in [-0.39, 0.29) is 23.2 Å². The van der Waals surface area contributed by atoms with E-state index in [0.29, 0.717) is 19.8 Å². The minimum atomic E-state index is -0.235. The van der Waals surface area contributed by atoms with Crippen molar-refractivity contribution in [1.82, 2.24) is 14.7 Å². The molecular weight excluding hydrogens is 322 g/mol. The summed E-state index contributed by atoms with van der Waals surface area (Å²) in [5, 5.41) is 4.08. The molecule has 2 aromatic rings. The quantitative estimate of drug-likeness (QED) is 0.828. The highest BCUT2D eigenvalue weighted by atomic mass is 16.6. The molecule has 1 fully saturated rings. The predicted octanol–water partition coefficient (Wildman–Crippen LogP) is 1.53. The Labute approximate surface area is 144 Å². The normalized spacial score (nSPS) is 19.1. The van der Waals surface area contributed by atoms with E-state index < -0.39 is 0 Å². The first-order valence-corrected chi connectivity index (χ1v) is 8.38. The van der Waals surface area contributed by atoms with Gasteiger partial charge in [0.15, 0.2) is 11.5 Å². The van der Waals surface area contributed by atoms with E-state index in [1.807, 2.05) is 23.1 Å². The zero-order chi connectivity index (χ0) is 17.4. The fourth-order valence-corrected chi connectivity index (χ4v) is 3.39. The van der Waals surface area contributed by atoms with Gasteiger partial charge in [-0.1, -0.05) is 6.07 Å². The molecule has 2 aliphatic rings. The van der Waals surface area contributed by atoms with Crippen molar-refractivity contribution in [1.29, 1.82) is 0 Å². The number of ether oxygens (including phenoxy) is 2. The number of hydrogen-bond donors (Lipinski definition) is 0. The van der Waals surface area contributed by atoms with Crippen LogP contribution >= 0.6 is 0 Å². The Balaban J connectivity index is 1.62. The van der Waals surface area contributed by atoms with Crippen LogP contribution in [0.1, 0.15) is 34.9 Å². The first kappa shape index (κ1) is 15.7. The van der Waals surface area contributed by atoms with Gasteiger partial charge in [0.2, 0.25) is 0 Å². The highest BCUT2D eigenvalue weighted by molar-refractivity contribution is 5.92. The molecule has 0 unspecified atom stereocenters. The Morgan fingerprint density at radius 3 is 2.76 bits per heavy atom. The largest absolute Gasteiger partial charge is 0.486 e. The second kappa shape index (κ2) is 6.23. The maximum absolute atomic E-state index is 12.9. The molecular formula is C18H19N3O4. The summed E-state index contributed by atoms with van der Waals surface area (Å²) in [7, 11) is 1.54. The predicted molar refractivity (Wildman–Crippen MR) is 89.9 cm³/mol. The number of hydrogen-bond acceptors (Lipinski definition) is 5. The minimum absolute atomic E-state index is 0.0256. The number of fused-ring (bicyclic) bond motifs is 1. The summed E-state index contributed by atoms with van der Waals surface area (Å²) in [6.07, 6.45) is 1.81. The van der Waals surface area contributed by atoms with Gasteiger partial charge in [-0.2, -0.15) is 5.10 Å². The summed E-state index contributed by atoms with van der Waals surface area (Å²) in [5.74, 6) is 1.31. The molecule has 0 bridgehead atoms. The van der Waals surface area contributed by atoms with Gasteiger partial charge in [-0.15, -0.1) is 0 Å². The fraction of sp³-hybridized carbons (Fsp3) is 0.389. The number of nitrogens with zero attached hydrogens (tertiary/aromatic N) is 3. The Hall–Kier alpha value is -2.83. The maximum atomic E-state index is 12.9. The molecule has 0 spiro atoms. The fourth-order valence-electron chi connectivity index (χ4n) is 3.39. The lowest BCUT2D eigenvalue weighted by Crippen LogP contribution is -2.33. The van der Waals surface area contributed by atoms with Crippen LogP contribution in [0.3, 0.4) is 0 Å². The molecule has 3 heterocycles. The number of rotatable bonds is 2. The summed E-state index contributed by atoms with van der Waals surface area (Å²) in [5.41, 5.74) is 1.08. The second-order valence-electron chi connectivity index (χ2n) is 6.24. The molecule has 0 N–H and O–H groups in total. The van der Waals surface area contributed by atoms with E-state index in [1.165, 1.54) is 16.8 Å². The highest BCUT2D eigenvalue weighted by Gasteiger charge is 2.32. The number of aromatic nitrogens is 2. The second-order valence-corrected chi connectivity index (χ2v) is 6.24. The lowest BCUT2D eigenvalue weighted by atomic mass is 10.0. The molecule has 25 heavy (non-hydrogen) atoms. The average molecular weight is 341 g/mol. The van der Waals surface area contributed by atoms with Gasteiger partial charge in [0.05, 0.1) is 6.04 Å². The third-order valence-corrected chi connectivity index (χ3v) is 4.64. The molecule has 7 heteroatoms. The molecule has 0 aliphatic carbocycles. The van der Waals surface area contributed by atoms with Crippen LogP contribution in [0.4, 0.5) is 0 Å². The van der Waals surface area contributed by atoms with Crippen molar-refractivity contribution in [3.05, 3.63) is 51.9 Å². The highest BCUT2D eigenvalue weighted by Crippen LogP contribution is 2.38. The molecule has 2 aliphatic heterocycles. The van der Waals surface area contributed by atoms with Gasteiger partial charge < -0.3 is 14.4 Å². The zero-order valence-corrected chi connectivity index (χ0v) is 14.0. The number of amides is 1. The van der Waals surface area contributed by atoms with Crippen molar-refractivity contribution in [2.24, 2.45) is 7.05 Å². The molecule has 1 amide bonds. The van der Waals surface area contributed by atoms with Crippen molar-refractivity contribution >= 4 is 5.91 Å². The Morgan fingerprint density at radius 1 is 1.16 bits per heavy atom. The lowest BCUT2D eigenvalue weighted by molar-refractivity contribution is 0.0726. The van der Waals surface area contributed by atoms with Crippen LogP contribution in [-0.4, -0.2) is 40.3 Å². The van der Waals surface area contributed by atoms with Gasteiger partial charge in [-0.05, 0) is 36.6 Å². The number of likely N-dealkylation sites (tertiary alicyclic amines) is 1. The van der Waals surface area contributed by atoms with E-state index in [0.717, 1.165) is 29.9 Å². The van der Waals surface area contributed by atoms with Crippen molar-refractivity contribution in [2.45, 2.75) is 18.9 Å². The summed E-state index contributed by atoms with van der Waals surface area (Å²) >= 11 is 0. The molecule has 7 nitrogen and oxygen atoms in total. The maximum Gasteiger partial charge on any atom is 0.274 e. The SMILES string of the molecule is Cn1nc(C(=O)N2CCC[C@@H]2c2ccc3c(c2)OCCO3)ccc1=O. The average Bonchev–Trinajstić information content (AvgIpc) is 3.12. The number of benzene rings is 1. The van der Waals surface area contributed by atoms with Crippen LogP contribution in [0.15, 0.2) is 35.1 Å². The Bertz CT molecular complexity index is 877. The molecule has 1 saturated heterocycles. The summed E-state index contributed by atoms with van der Waals surface area (Å²) < 4.78 is 12.4. The number of aryl methyl sites for hydroxylation is 1. The third-order valence-electron chi connectivity index (χ3n) is 4.64. The molecule has 4 rings (SSSR count). The standard InChI is InChI=1S/C18H19N3O4/c1-20-17(22)7-5-13(19-20)18(23)21-8-2-3-14(21)12-4-6-15-16(11-12)25-10-9-24-15/h4-7,11,14H,2-3,8-10H2,1H3/t14-/m1/s1. The van der Waals surface area contributed by atoms with Crippen molar-refractivity contribution < 1.29 is 14.3 Å². The van der Waals surface area contributed by atoms with Crippen LogP contribution in [0.2, 0.25) is 0 Å². The van der Waals surface area contributed by atoms with Crippen LogP contribution in [-0.2, 0) is 7.05 Å². The van der Waals surface area contributed by atoms with E-state index in [9.17, 15) is 9.59 Å². The van der Waals surface area contributed by atoms with Crippen molar-refractivity contribution in [2.75, 3.05) is 19.8 Å². The van der Waals surface area contributed by atoms with E-state index in [1.54, 1.807) is 7.05 Å². The van der Waals surface area contributed by atoms with Crippen LogP contribution in [0.25, 0.3) is 0 Å². The van der Waals surface area contributed by atoms with Crippen molar-refractivity contribution in [3.63, 3.8) is 0 Å². The van der Waals surface area contributed by atoms with Gasteiger partial charge in [0.25, 0.3) is 11.5 Å². The van der Waals surface area contributed by atoms with Crippen LogP contribution in [0.5, 0.6) is 11.5 Å². The third kappa shape index (κ3) is 2.86. The monoisotopic (exact) mass is 341 g/mol. The smallest absolute Gasteiger partial charge is 0.274 e. The van der Waals surface area contributed by atoms with E-state index in [2.05, 4.69) is 5.10 Å². The summed E-state index contributed by atoms with van der Waals surface area (Å²) in [6, 6.07) is 8.67. The van der Waals surface area contributed by atoms with E-state index in [4.69, 9.17) is 9.47 Å². The van der Waals surface area contributed by atoms with E-state index >= 15 is 0 Å². The number of carbonyl (C=O) groups excluding carboxylic acids is 1. The zero-order valence-electron chi connectivity index (χ0n) is 14.0. The summed E-state index contributed by atoms with van der Waals surface area (Å²) in [4.78, 5) is 26.2. The van der Waals surface area contributed by atoms with Gasteiger partial charge >= 0.3 is 0 Å². The molecule has 1 aromatic heterocycles. The first-order chi connectivity index (χ1) is 12.1. The van der Waals surface area contributed by atoms with Crippen LogP contribution < -0.4 is 15.0 Å². The number of carbonyl (C=O) groups is 1. The van der Waals surface area contributed by atoms with Gasteiger partial charge in [-0.25, -0.2) is 4.68 Å². The van der Waals surface area contributed by atoms with Crippen molar-refractivity contribution in [3.8, 4) is 11.5 Å². The Kier molecular flexibility index (Phi) is 3.91. The molecule has 1 aromatic carbocycles. The molecule has 130 valence electrons. The Morgan fingerprint density at radius 2 is 1.96 bits per heavy atom. The van der Waals surface area contributed by atoms with Crippen LogP contribution in [0, 0.1) is 0 Å². The molecule has 0 radical (unpaired) electrons. The minimum Gasteiger partial charge on any atom is -0.486 e. The lowest BCUT2D eigenvalue weighted by Gasteiger charge is -2.26.